The number of nitrogens with zero attached hydrogens (tertiary/aromatic N) is 3. The van der Waals surface area contributed by atoms with Crippen LogP contribution in [-0.2, 0) is 0 Å². The largest absolute Gasteiger partial charge is 0.342 e. The summed E-state index contributed by atoms with van der Waals surface area (Å²) in [5, 5.41) is 1.56. The monoisotopic (exact) mass is 213 g/mol. The first kappa shape index (κ1) is 12.3. The van der Waals surface area contributed by atoms with Gasteiger partial charge in [0, 0.05) is 33.2 Å². The van der Waals surface area contributed by atoms with Gasteiger partial charge in [-0.3, -0.25) is 10.0 Å². The molecule has 0 bridgehead atoms. The third-order valence-corrected chi connectivity index (χ3v) is 3.12. The molecule has 0 aromatic heterocycles. The van der Waals surface area contributed by atoms with Gasteiger partial charge in [0.2, 0.25) is 5.96 Å². The van der Waals surface area contributed by atoms with Gasteiger partial charge >= 0.3 is 0 Å². The molecule has 4 N–H and O–H groups in total. The maximum absolute atomic E-state index is 5.88. The van der Waals surface area contributed by atoms with Gasteiger partial charge in [-0.15, -0.1) is 0 Å². The van der Waals surface area contributed by atoms with Gasteiger partial charge in [-0.1, -0.05) is 0 Å². The van der Waals surface area contributed by atoms with Crippen LogP contribution in [-0.4, -0.2) is 49.1 Å². The van der Waals surface area contributed by atoms with Crippen molar-refractivity contribution in [2.75, 3.05) is 21.1 Å². The molecule has 1 fully saturated rings. The Hall–Kier alpha value is -0.810. The van der Waals surface area contributed by atoms with E-state index in [4.69, 9.17) is 11.6 Å². The molecule has 0 aromatic carbocycles. The molecule has 0 aliphatic heterocycles. The molecular formula is C10H23N5. The van der Waals surface area contributed by atoms with E-state index >= 15 is 0 Å². The van der Waals surface area contributed by atoms with Crippen molar-refractivity contribution in [3.8, 4) is 0 Å². The molecule has 0 aromatic rings. The standard InChI is InChI=1S/C10H23N5/c1-13-10(15(3)12)14(2)9-6-4-8(11)5-7-9/h8-9H,4-7,11-12H2,1-3H3/b13-10-/t8-,9+. The Morgan fingerprint density at radius 1 is 1.20 bits per heavy atom. The highest BCUT2D eigenvalue weighted by molar-refractivity contribution is 5.79. The Kier molecular flexibility index (Phi) is 4.35. The molecule has 0 amide bonds. The van der Waals surface area contributed by atoms with Crippen LogP contribution in [0.5, 0.6) is 0 Å². The lowest BCUT2D eigenvalue weighted by atomic mass is 9.91. The summed E-state index contributed by atoms with van der Waals surface area (Å²) in [4.78, 5) is 6.35. The Bertz CT molecular complexity index is 218. The smallest absolute Gasteiger partial charge is 0.210 e. The summed E-state index contributed by atoms with van der Waals surface area (Å²) in [5.41, 5.74) is 5.88. The maximum Gasteiger partial charge on any atom is 0.210 e. The van der Waals surface area contributed by atoms with E-state index < -0.39 is 0 Å². The van der Waals surface area contributed by atoms with E-state index in [-0.39, 0.29) is 0 Å². The number of aliphatic imine (C=N–C) groups is 1. The molecule has 0 unspecified atom stereocenters. The van der Waals surface area contributed by atoms with Gasteiger partial charge in [0.25, 0.3) is 0 Å². The number of rotatable bonds is 1. The lowest BCUT2D eigenvalue weighted by Gasteiger charge is -2.36. The van der Waals surface area contributed by atoms with Crippen LogP contribution < -0.4 is 11.6 Å². The molecule has 88 valence electrons. The second kappa shape index (κ2) is 5.32. The molecule has 1 rings (SSSR count). The van der Waals surface area contributed by atoms with Gasteiger partial charge in [-0.2, -0.15) is 0 Å². The predicted octanol–water partition coefficient (Wildman–Crippen LogP) is -0.0206. The molecule has 5 nitrogen and oxygen atoms in total. The zero-order valence-corrected chi connectivity index (χ0v) is 9.98. The Morgan fingerprint density at radius 3 is 2.13 bits per heavy atom. The lowest BCUT2D eigenvalue weighted by molar-refractivity contribution is 0.239. The molecule has 0 heterocycles. The van der Waals surface area contributed by atoms with Crippen molar-refractivity contribution in [1.29, 1.82) is 0 Å². The summed E-state index contributed by atoms with van der Waals surface area (Å²) >= 11 is 0. The first-order valence-corrected chi connectivity index (χ1v) is 5.50. The Labute approximate surface area is 92.1 Å². The van der Waals surface area contributed by atoms with Crippen LogP contribution in [0.4, 0.5) is 0 Å². The number of nitrogens with two attached hydrogens (primary N) is 2. The second-order valence-corrected chi connectivity index (χ2v) is 4.31. The van der Waals surface area contributed by atoms with Gasteiger partial charge < -0.3 is 10.6 Å². The Morgan fingerprint density at radius 2 is 1.73 bits per heavy atom. The van der Waals surface area contributed by atoms with Crippen molar-refractivity contribution >= 4 is 5.96 Å². The van der Waals surface area contributed by atoms with E-state index in [0.29, 0.717) is 12.1 Å². The summed E-state index contributed by atoms with van der Waals surface area (Å²) in [6.07, 6.45) is 4.45. The molecule has 5 heteroatoms. The van der Waals surface area contributed by atoms with E-state index in [1.807, 2.05) is 14.1 Å². The number of hydrogen-bond donors (Lipinski definition) is 2. The zero-order valence-electron chi connectivity index (χ0n) is 9.98. The van der Waals surface area contributed by atoms with Crippen LogP contribution in [0.1, 0.15) is 25.7 Å². The third-order valence-electron chi connectivity index (χ3n) is 3.12. The number of hydrogen-bond acceptors (Lipinski definition) is 3. The van der Waals surface area contributed by atoms with Crippen LogP contribution >= 0.6 is 0 Å². The highest BCUT2D eigenvalue weighted by Gasteiger charge is 2.24. The van der Waals surface area contributed by atoms with E-state index in [1.165, 1.54) is 0 Å². The highest BCUT2D eigenvalue weighted by atomic mass is 15.5. The maximum atomic E-state index is 5.88. The zero-order chi connectivity index (χ0) is 11.4. The van der Waals surface area contributed by atoms with Crippen LogP contribution in [0.15, 0.2) is 4.99 Å². The van der Waals surface area contributed by atoms with Crippen molar-refractivity contribution in [2.45, 2.75) is 37.8 Å². The summed E-state index contributed by atoms with van der Waals surface area (Å²) in [6.45, 7) is 0. The molecule has 1 saturated carbocycles. The minimum absolute atomic E-state index is 0.382. The normalized spacial score (nSPS) is 27.7. The molecule has 0 spiro atoms. The molecular weight excluding hydrogens is 190 g/mol. The minimum atomic E-state index is 0.382. The number of guanidine groups is 1. The van der Waals surface area contributed by atoms with Crippen LogP contribution in [0.2, 0.25) is 0 Å². The van der Waals surface area contributed by atoms with E-state index in [0.717, 1.165) is 31.6 Å². The van der Waals surface area contributed by atoms with Gasteiger partial charge in [-0.25, -0.2) is 5.84 Å². The third kappa shape index (κ3) is 3.07. The first-order valence-electron chi connectivity index (χ1n) is 5.50. The summed E-state index contributed by atoms with van der Waals surface area (Å²) in [7, 11) is 5.63. The summed E-state index contributed by atoms with van der Waals surface area (Å²) < 4.78 is 0. The van der Waals surface area contributed by atoms with Gasteiger partial charge in [0.05, 0.1) is 0 Å². The minimum Gasteiger partial charge on any atom is -0.342 e. The van der Waals surface area contributed by atoms with E-state index in [2.05, 4.69) is 9.89 Å². The molecule has 0 radical (unpaired) electrons. The van der Waals surface area contributed by atoms with Gasteiger partial charge in [0.15, 0.2) is 0 Å². The van der Waals surface area contributed by atoms with Crippen molar-refractivity contribution in [2.24, 2.45) is 16.6 Å². The van der Waals surface area contributed by atoms with Crippen LogP contribution in [0.3, 0.4) is 0 Å². The Balaban J connectivity index is 2.56. The highest BCUT2D eigenvalue weighted by Crippen LogP contribution is 2.21. The van der Waals surface area contributed by atoms with E-state index in [9.17, 15) is 0 Å². The van der Waals surface area contributed by atoms with Gasteiger partial charge in [0.1, 0.15) is 0 Å². The second-order valence-electron chi connectivity index (χ2n) is 4.31. The molecule has 0 saturated heterocycles. The number of hydrazine groups is 1. The molecule has 15 heavy (non-hydrogen) atoms. The van der Waals surface area contributed by atoms with Crippen molar-refractivity contribution in [3.05, 3.63) is 0 Å². The van der Waals surface area contributed by atoms with Crippen LogP contribution in [0, 0.1) is 0 Å². The summed E-state index contributed by atoms with van der Waals surface area (Å²) in [6, 6.07) is 0.904. The lowest BCUT2D eigenvalue weighted by Crippen LogP contribution is -2.50. The fourth-order valence-electron chi connectivity index (χ4n) is 2.22. The fraction of sp³-hybridized carbons (Fsp3) is 0.900. The van der Waals surface area contributed by atoms with E-state index in [1.54, 1.807) is 12.1 Å². The quantitative estimate of drug-likeness (QED) is 0.278. The SMILES string of the molecule is C/N=C(\N(C)N)N(C)[C@H]1CC[C@@H](N)CC1. The average molecular weight is 213 g/mol. The molecule has 1 aliphatic carbocycles. The average Bonchev–Trinajstić information content (AvgIpc) is 2.19. The van der Waals surface area contributed by atoms with Crippen LogP contribution in [0.25, 0.3) is 0 Å². The van der Waals surface area contributed by atoms with Crippen molar-refractivity contribution in [3.63, 3.8) is 0 Å². The van der Waals surface area contributed by atoms with Crippen molar-refractivity contribution in [1.82, 2.24) is 9.91 Å². The predicted molar refractivity (Wildman–Crippen MR) is 63.3 cm³/mol. The summed E-state index contributed by atoms with van der Waals surface area (Å²) in [5.74, 6) is 6.55. The van der Waals surface area contributed by atoms with Crippen molar-refractivity contribution < 1.29 is 0 Å². The first-order chi connectivity index (χ1) is 7.06. The molecule has 1 aliphatic rings. The fourth-order valence-corrected chi connectivity index (χ4v) is 2.22. The topological polar surface area (TPSA) is 70.9 Å². The molecule has 0 atom stereocenters. The van der Waals surface area contributed by atoms with Gasteiger partial charge in [-0.05, 0) is 25.7 Å².